The maximum absolute atomic E-state index is 14.5. The van der Waals surface area contributed by atoms with Gasteiger partial charge in [0, 0.05) is 56.7 Å². The van der Waals surface area contributed by atoms with E-state index >= 15 is 0 Å². The summed E-state index contributed by atoms with van der Waals surface area (Å²) in [6.07, 6.45) is 5.15. The minimum Gasteiger partial charge on any atom is -0.368 e. The van der Waals surface area contributed by atoms with E-state index in [1.54, 1.807) is 17.5 Å². The molecule has 6 rings (SSSR count). The maximum atomic E-state index is 14.5. The fourth-order valence-corrected chi connectivity index (χ4v) is 8.95. The summed E-state index contributed by atoms with van der Waals surface area (Å²) in [7, 11) is 0. The Hall–Kier alpha value is -5.09. The number of aromatic amines is 1. The molecule has 1 aliphatic heterocycles. The Labute approximate surface area is 333 Å². The van der Waals surface area contributed by atoms with Crippen LogP contribution in [0.4, 0.5) is 0 Å². The van der Waals surface area contributed by atoms with Crippen LogP contribution in [-0.4, -0.2) is 78.3 Å². The molecule has 0 radical (unpaired) electrons. The Balaban J connectivity index is 1.27. The van der Waals surface area contributed by atoms with E-state index in [1.165, 1.54) is 11.3 Å². The lowest BCUT2D eigenvalue weighted by molar-refractivity contribution is -0.135. The number of primary amides is 1. The van der Waals surface area contributed by atoms with Gasteiger partial charge in [-0.05, 0) is 92.3 Å². The second-order valence-corrected chi connectivity index (χ2v) is 16.5. The molecule has 5 aromatic rings. The van der Waals surface area contributed by atoms with Crippen LogP contribution in [0.2, 0.25) is 0 Å². The highest BCUT2D eigenvalue weighted by Gasteiger charge is 2.33. The molecule has 0 spiro atoms. The lowest BCUT2D eigenvalue weighted by Gasteiger charge is -2.27. The number of amides is 5. The molecule has 0 bridgehead atoms. The predicted molar refractivity (Wildman–Crippen MR) is 221 cm³/mol. The number of unbranched alkanes of at least 4 members (excludes halogenated alkanes) is 1. The van der Waals surface area contributed by atoms with Gasteiger partial charge in [-0.1, -0.05) is 42.5 Å². The molecular weight excluding hydrogens is 749 g/mol. The fourth-order valence-electron chi connectivity index (χ4n) is 7.09. The van der Waals surface area contributed by atoms with Crippen LogP contribution in [0.3, 0.4) is 0 Å². The standard InChI is InChI=1S/C41H50N8O5S2/c42-16-6-5-12-32(37(43)50)46-40(53)34(22-28-9-7-19-55-28)49-39(52)33(21-27-24-45-31-11-3-2-10-30(27)31)48-41(54)35(47-38(51)25-14-17-44-18-15-25)23-29-20-26-8-1-4-13-36(26)56-29/h1-4,7-11,13,19-20,24-25,32-35,44-45H,5-6,12,14-18,21-23,42H2,(H2,43,50)(H,46,53)(H,47,51)(H,48,54)(H,49,52)/t32-,33+,34-,35+/m0/s1. The van der Waals surface area contributed by atoms with Crippen LogP contribution in [0.15, 0.2) is 78.3 Å². The molecular formula is C41H50N8O5S2. The van der Waals surface area contributed by atoms with Crippen molar-refractivity contribution in [1.82, 2.24) is 31.6 Å². The van der Waals surface area contributed by atoms with Crippen molar-refractivity contribution in [2.75, 3.05) is 19.6 Å². The molecule has 15 heteroatoms. The molecule has 1 fully saturated rings. The van der Waals surface area contributed by atoms with Crippen molar-refractivity contribution in [3.05, 3.63) is 93.6 Å². The number of aromatic nitrogens is 1. The summed E-state index contributed by atoms with van der Waals surface area (Å²) >= 11 is 2.99. The first-order valence-corrected chi connectivity index (χ1v) is 20.8. The second-order valence-electron chi connectivity index (χ2n) is 14.3. The SMILES string of the molecule is NCCCC[C@H](NC(=O)[C@H](Cc1cccs1)NC(=O)[C@@H](Cc1c[nH]c2ccccc12)NC(=O)[C@@H](Cc1cc2ccccc2s1)NC(=O)C1CCNCC1)C(N)=O. The molecule has 13 nitrogen and oxygen atoms in total. The van der Waals surface area contributed by atoms with Gasteiger partial charge in [0.1, 0.15) is 24.2 Å². The Morgan fingerprint density at radius 1 is 0.750 bits per heavy atom. The van der Waals surface area contributed by atoms with Gasteiger partial charge in [0.05, 0.1) is 0 Å². The van der Waals surface area contributed by atoms with E-state index in [0.717, 1.165) is 36.3 Å². The van der Waals surface area contributed by atoms with Crippen LogP contribution >= 0.6 is 22.7 Å². The fraction of sp³-hybridized carbons (Fsp3) is 0.390. The normalized spacial score (nSPS) is 15.4. The van der Waals surface area contributed by atoms with Crippen molar-refractivity contribution in [2.45, 2.75) is 75.5 Å². The lowest BCUT2D eigenvalue weighted by Crippen LogP contribution is -2.59. The topological polar surface area (TPSA) is 213 Å². The van der Waals surface area contributed by atoms with Crippen LogP contribution < -0.4 is 38.1 Å². The number of carbonyl (C=O) groups is 5. The summed E-state index contributed by atoms with van der Waals surface area (Å²) in [5.41, 5.74) is 13.0. The first-order valence-electron chi connectivity index (χ1n) is 19.1. The van der Waals surface area contributed by atoms with Crippen LogP contribution in [0.25, 0.3) is 21.0 Å². The van der Waals surface area contributed by atoms with Gasteiger partial charge < -0.3 is 43.0 Å². The van der Waals surface area contributed by atoms with Gasteiger partial charge in [-0.3, -0.25) is 24.0 Å². The highest BCUT2D eigenvalue weighted by atomic mass is 32.1. The monoisotopic (exact) mass is 798 g/mol. The van der Waals surface area contributed by atoms with Gasteiger partial charge in [0.2, 0.25) is 29.5 Å². The van der Waals surface area contributed by atoms with Crippen molar-refractivity contribution in [3.8, 4) is 0 Å². The largest absolute Gasteiger partial charge is 0.368 e. The van der Waals surface area contributed by atoms with Crippen LogP contribution in [-0.2, 0) is 43.2 Å². The summed E-state index contributed by atoms with van der Waals surface area (Å²) in [6, 6.07) is 17.2. The Bertz CT molecular complexity index is 2080. The quantitative estimate of drug-likeness (QED) is 0.0585. The summed E-state index contributed by atoms with van der Waals surface area (Å²) in [6.45, 7) is 1.87. The van der Waals surface area contributed by atoms with Crippen molar-refractivity contribution < 1.29 is 24.0 Å². The van der Waals surface area contributed by atoms with Gasteiger partial charge in [0.25, 0.3) is 0 Å². The third-order valence-corrected chi connectivity index (χ3v) is 12.2. The van der Waals surface area contributed by atoms with E-state index in [1.807, 2.05) is 72.1 Å². The molecule has 0 saturated carbocycles. The number of fused-ring (bicyclic) bond motifs is 2. The summed E-state index contributed by atoms with van der Waals surface area (Å²) in [5, 5.41) is 18.7. The van der Waals surface area contributed by atoms with Gasteiger partial charge in [-0.25, -0.2) is 0 Å². The van der Waals surface area contributed by atoms with Crippen LogP contribution in [0, 0.1) is 5.92 Å². The summed E-state index contributed by atoms with van der Waals surface area (Å²) in [5.74, 6) is -2.81. The number of para-hydroxylation sites is 1. The molecule has 56 heavy (non-hydrogen) atoms. The molecule has 0 unspecified atom stereocenters. The van der Waals surface area contributed by atoms with E-state index < -0.39 is 47.8 Å². The molecule has 3 aromatic heterocycles. The number of rotatable bonds is 19. The van der Waals surface area contributed by atoms with E-state index in [2.05, 4.69) is 31.6 Å². The van der Waals surface area contributed by atoms with E-state index in [4.69, 9.17) is 11.5 Å². The zero-order valence-electron chi connectivity index (χ0n) is 31.2. The highest BCUT2D eigenvalue weighted by molar-refractivity contribution is 7.19. The van der Waals surface area contributed by atoms with E-state index in [0.29, 0.717) is 51.7 Å². The van der Waals surface area contributed by atoms with Crippen molar-refractivity contribution in [3.63, 3.8) is 0 Å². The van der Waals surface area contributed by atoms with Crippen LogP contribution in [0.5, 0.6) is 0 Å². The average molecular weight is 799 g/mol. The smallest absolute Gasteiger partial charge is 0.243 e. The minimum atomic E-state index is -1.14. The van der Waals surface area contributed by atoms with Crippen molar-refractivity contribution >= 4 is 73.2 Å². The number of hydrogen-bond acceptors (Lipinski definition) is 9. The van der Waals surface area contributed by atoms with Crippen molar-refractivity contribution in [2.24, 2.45) is 17.4 Å². The van der Waals surface area contributed by atoms with Gasteiger partial charge in [0.15, 0.2) is 0 Å². The van der Waals surface area contributed by atoms with E-state index in [-0.39, 0.29) is 31.1 Å². The van der Waals surface area contributed by atoms with Gasteiger partial charge in [-0.2, -0.15) is 0 Å². The zero-order valence-corrected chi connectivity index (χ0v) is 32.8. The van der Waals surface area contributed by atoms with Crippen LogP contribution in [0.1, 0.15) is 47.4 Å². The highest BCUT2D eigenvalue weighted by Crippen LogP contribution is 2.27. The second kappa shape index (κ2) is 19.7. The third-order valence-electron chi connectivity index (χ3n) is 10.2. The molecule has 4 atom stereocenters. The number of hydrogen-bond donors (Lipinski definition) is 8. The number of piperidine rings is 1. The van der Waals surface area contributed by atoms with E-state index in [9.17, 15) is 24.0 Å². The number of H-pyrrole nitrogens is 1. The Morgan fingerprint density at radius 3 is 2.11 bits per heavy atom. The minimum absolute atomic E-state index is 0.0930. The molecule has 2 aromatic carbocycles. The molecule has 10 N–H and O–H groups in total. The lowest BCUT2D eigenvalue weighted by atomic mass is 9.96. The molecule has 296 valence electrons. The molecule has 5 amide bonds. The number of benzene rings is 2. The Kier molecular flexibility index (Phi) is 14.2. The first-order chi connectivity index (χ1) is 27.2. The third kappa shape index (κ3) is 10.8. The number of nitrogens with two attached hydrogens (primary N) is 2. The molecule has 4 heterocycles. The Morgan fingerprint density at radius 2 is 1.41 bits per heavy atom. The molecule has 0 aliphatic carbocycles. The molecule has 1 saturated heterocycles. The maximum Gasteiger partial charge on any atom is 0.243 e. The summed E-state index contributed by atoms with van der Waals surface area (Å²) < 4.78 is 1.07. The molecule has 1 aliphatic rings. The predicted octanol–water partition coefficient (Wildman–Crippen LogP) is 3.03. The average Bonchev–Trinajstić information content (AvgIpc) is 3.97. The first kappa shape index (κ1) is 40.6. The van der Waals surface area contributed by atoms with Gasteiger partial charge >= 0.3 is 0 Å². The zero-order chi connectivity index (χ0) is 39.4. The number of nitrogens with one attached hydrogen (secondary N) is 6. The number of thiophene rings is 2. The summed E-state index contributed by atoms with van der Waals surface area (Å²) in [4.78, 5) is 73.7. The number of carbonyl (C=O) groups excluding carboxylic acids is 5. The van der Waals surface area contributed by atoms with Gasteiger partial charge in [-0.15, -0.1) is 22.7 Å². The van der Waals surface area contributed by atoms with Crippen molar-refractivity contribution in [1.29, 1.82) is 0 Å².